The zero-order valence-corrected chi connectivity index (χ0v) is 14.8. The van der Waals surface area contributed by atoms with E-state index in [2.05, 4.69) is 11.9 Å². The van der Waals surface area contributed by atoms with E-state index in [0.29, 0.717) is 0 Å². The van der Waals surface area contributed by atoms with Crippen LogP contribution in [0.1, 0.15) is 6.42 Å². The number of anilines is 2. The van der Waals surface area contributed by atoms with Crippen LogP contribution in [0.5, 0.6) is 0 Å². The number of carbonyl (C=O) groups is 3. The predicted molar refractivity (Wildman–Crippen MR) is 99.6 cm³/mol. The summed E-state index contributed by atoms with van der Waals surface area (Å²) in [5, 5.41) is 2.50. The highest BCUT2D eigenvalue weighted by Crippen LogP contribution is 2.27. The lowest BCUT2D eigenvalue weighted by atomic mass is 10.1. The Hall–Kier alpha value is -3.55. The van der Waals surface area contributed by atoms with E-state index in [-0.39, 0.29) is 24.3 Å². The Morgan fingerprint density at radius 2 is 1.79 bits per heavy atom. The molecule has 1 heterocycles. The van der Waals surface area contributed by atoms with Gasteiger partial charge in [0.2, 0.25) is 5.91 Å². The first-order valence-corrected chi connectivity index (χ1v) is 8.47. The predicted octanol–water partition coefficient (Wildman–Crippen LogP) is 3.32. The highest BCUT2D eigenvalue weighted by atomic mass is 19.1. The highest BCUT2D eigenvalue weighted by molar-refractivity contribution is 6.22. The summed E-state index contributed by atoms with van der Waals surface area (Å²) in [6.07, 6.45) is 1.10. The van der Waals surface area contributed by atoms with Gasteiger partial charge in [-0.05, 0) is 36.4 Å². The molecule has 6 nitrogen and oxygen atoms in total. The third-order valence-electron chi connectivity index (χ3n) is 4.20. The van der Waals surface area contributed by atoms with Crippen molar-refractivity contribution >= 4 is 29.2 Å². The molecule has 0 aliphatic carbocycles. The van der Waals surface area contributed by atoms with E-state index in [4.69, 9.17) is 0 Å². The monoisotopic (exact) mass is 385 g/mol. The number of hydrogen-bond donors (Lipinski definition) is 1. The molecule has 1 unspecified atom stereocenters. The first-order valence-electron chi connectivity index (χ1n) is 8.47. The average Bonchev–Trinajstić information content (AvgIpc) is 2.86. The van der Waals surface area contributed by atoms with Gasteiger partial charge in [-0.2, -0.15) is 0 Å². The number of halogens is 2. The van der Waals surface area contributed by atoms with Crippen LogP contribution in [0.4, 0.5) is 25.0 Å². The summed E-state index contributed by atoms with van der Waals surface area (Å²) in [4.78, 5) is 39.9. The number of urea groups is 1. The quantitative estimate of drug-likeness (QED) is 0.613. The van der Waals surface area contributed by atoms with Crippen molar-refractivity contribution in [2.24, 2.45) is 0 Å². The number of imide groups is 1. The first kappa shape index (κ1) is 19.2. The van der Waals surface area contributed by atoms with Gasteiger partial charge in [0.1, 0.15) is 17.7 Å². The lowest BCUT2D eigenvalue weighted by Crippen LogP contribution is -2.38. The third kappa shape index (κ3) is 3.90. The maximum absolute atomic E-state index is 13.5. The van der Waals surface area contributed by atoms with Crippen LogP contribution < -0.4 is 10.2 Å². The van der Waals surface area contributed by atoms with Gasteiger partial charge in [-0.3, -0.25) is 9.59 Å². The fraction of sp³-hybridized carbons (Fsp3) is 0.150. The number of nitrogens with one attached hydrogen (secondary N) is 1. The highest BCUT2D eigenvalue weighted by Gasteiger charge is 2.46. The molecule has 1 saturated heterocycles. The standard InChI is InChI=1S/C20H17F2N3O3/c1-2-9-24-17(12-18(26)23-15-7-3-5-13(21)10-15)19(27)25(20(24)28)16-8-4-6-14(22)11-16/h2-8,10-11,17H,1,9,12H2,(H,23,26). The zero-order chi connectivity index (χ0) is 20.3. The van der Waals surface area contributed by atoms with Gasteiger partial charge >= 0.3 is 6.03 Å². The Bertz CT molecular complexity index is 948. The van der Waals surface area contributed by atoms with E-state index in [1.807, 2.05) is 0 Å². The minimum atomic E-state index is -1.08. The van der Waals surface area contributed by atoms with Crippen LogP contribution in [-0.2, 0) is 9.59 Å². The topological polar surface area (TPSA) is 69.7 Å². The molecule has 0 bridgehead atoms. The number of hydrogen-bond acceptors (Lipinski definition) is 3. The van der Waals surface area contributed by atoms with E-state index in [1.165, 1.54) is 47.4 Å². The van der Waals surface area contributed by atoms with Crippen molar-refractivity contribution in [2.45, 2.75) is 12.5 Å². The summed E-state index contributed by atoms with van der Waals surface area (Å²) in [7, 11) is 0. The Labute approximate surface area is 160 Å². The van der Waals surface area contributed by atoms with E-state index in [1.54, 1.807) is 0 Å². The number of carbonyl (C=O) groups excluding carboxylic acids is 3. The molecule has 0 spiro atoms. The van der Waals surface area contributed by atoms with Crippen molar-refractivity contribution in [3.63, 3.8) is 0 Å². The van der Waals surface area contributed by atoms with Crippen LogP contribution in [-0.4, -0.2) is 35.3 Å². The molecule has 0 saturated carbocycles. The number of nitrogens with zero attached hydrogens (tertiary/aromatic N) is 2. The van der Waals surface area contributed by atoms with E-state index in [0.717, 1.165) is 17.0 Å². The molecule has 2 aromatic rings. The minimum absolute atomic E-state index is 0.0360. The molecule has 2 aromatic carbocycles. The van der Waals surface area contributed by atoms with Crippen LogP contribution in [0, 0.1) is 11.6 Å². The maximum atomic E-state index is 13.5. The second-order valence-electron chi connectivity index (χ2n) is 6.16. The minimum Gasteiger partial charge on any atom is -0.326 e. The first-order chi connectivity index (χ1) is 13.4. The molecule has 1 N–H and O–H groups in total. The molecule has 4 amide bonds. The molecule has 0 radical (unpaired) electrons. The summed E-state index contributed by atoms with van der Waals surface area (Å²) in [5.41, 5.74) is 0.316. The zero-order valence-electron chi connectivity index (χ0n) is 14.8. The van der Waals surface area contributed by atoms with Gasteiger partial charge < -0.3 is 10.2 Å². The molecule has 1 aliphatic heterocycles. The molecule has 1 aliphatic rings. The molecular weight excluding hydrogens is 368 g/mol. The largest absolute Gasteiger partial charge is 0.332 e. The number of rotatable bonds is 6. The lowest BCUT2D eigenvalue weighted by Gasteiger charge is -2.19. The number of amides is 4. The van der Waals surface area contributed by atoms with Crippen LogP contribution in [0.3, 0.4) is 0 Å². The second-order valence-corrected chi connectivity index (χ2v) is 6.16. The molecule has 1 atom stereocenters. The SMILES string of the molecule is C=CCN1C(=O)N(c2cccc(F)c2)C(=O)C1CC(=O)Nc1cccc(F)c1. The van der Waals surface area contributed by atoms with Crippen molar-refractivity contribution in [1.82, 2.24) is 4.90 Å². The second kappa shape index (κ2) is 7.99. The van der Waals surface area contributed by atoms with Crippen molar-refractivity contribution in [3.8, 4) is 0 Å². The van der Waals surface area contributed by atoms with Crippen LogP contribution >= 0.6 is 0 Å². The van der Waals surface area contributed by atoms with Gasteiger partial charge in [-0.25, -0.2) is 18.5 Å². The van der Waals surface area contributed by atoms with Crippen LogP contribution in [0.25, 0.3) is 0 Å². The van der Waals surface area contributed by atoms with Crippen LogP contribution in [0.2, 0.25) is 0 Å². The Morgan fingerprint density at radius 1 is 1.11 bits per heavy atom. The molecule has 0 aromatic heterocycles. The summed E-state index contributed by atoms with van der Waals surface area (Å²) in [6, 6.07) is 8.64. The van der Waals surface area contributed by atoms with Gasteiger partial charge in [-0.15, -0.1) is 6.58 Å². The summed E-state index contributed by atoms with van der Waals surface area (Å²) >= 11 is 0. The lowest BCUT2D eigenvalue weighted by molar-refractivity contribution is -0.124. The van der Waals surface area contributed by atoms with E-state index >= 15 is 0 Å². The van der Waals surface area contributed by atoms with Crippen molar-refractivity contribution in [1.29, 1.82) is 0 Å². The van der Waals surface area contributed by atoms with E-state index in [9.17, 15) is 23.2 Å². The van der Waals surface area contributed by atoms with Gasteiger partial charge in [0.05, 0.1) is 12.1 Å². The molecule has 3 rings (SSSR count). The maximum Gasteiger partial charge on any atom is 0.332 e. The average molecular weight is 385 g/mol. The third-order valence-corrected chi connectivity index (χ3v) is 4.20. The summed E-state index contributed by atoms with van der Waals surface area (Å²) in [5.74, 6) is -2.32. The van der Waals surface area contributed by atoms with Crippen molar-refractivity contribution in [2.75, 3.05) is 16.8 Å². The molecular formula is C20H17F2N3O3. The summed E-state index contributed by atoms with van der Waals surface area (Å²) < 4.78 is 26.8. The van der Waals surface area contributed by atoms with Crippen molar-refractivity contribution < 1.29 is 23.2 Å². The van der Waals surface area contributed by atoms with Gasteiger partial charge in [0, 0.05) is 12.2 Å². The van der Waals surface area contributed by atoms with Gasteiger partial charge in [0.25, 0.3) is 5.91 Å². The Kier molecular flexibility index (Phi) is 5.49. The summed E-state index contributed by atoms with van der Waals surface area (Å²) in [6.45, 7) is 3.60. The smallest absolute Gasteiger partial charge is 0.326 e. The molecule has 8 heteroatoms. The molecule has 28 heavy (non-hydrogen) atoms. The molecule has 1 fully saturated rings. The van der Waals surface area contributed by atoms with Crippen molar-refractivity contribution in [3.05, 3.63) is 72.8 Å². The van der Waals surface area contributed by atoms with Crippen LogP contribution in [0.15, 0.2) is 61.2 Å². The number of benzene rings is 2. The normalized spacial score (nSPS) is 16.4. The fourth-order valence-electron chi connectivity index (χ4n) is 2.99. The Balaban J connectivity index is 1.82. The van der Waals surface area contributed by atoms with Gasteiger partial charge in [-0.1, -0.05) is 18.2 Å². The molecule has 144 valence electrons. The Morgan fingerprint density at radius 3 is 2.43 bits per heavy atom. The fourth-order valence-corrected chi connectivity index (χ4v) is 2.99. The van der Waals surface area contributed by atoms with E-state index < -0.39 is 35.5 Å². The van der Waals surface area contributed by atoms with Gasteiger partial charge in [0.15, 0.2) is 0 Å².